The summed E-state index contributed by atoms with van der Waals surface area (Å²) in [6.45, 7) is 13.1. The number of fused-ring (bicyclic) bond motifs is 3. The van der Waals surface area contributed by atoms with Crippen LogP contribution in [0, 0.1) is 0 Å². The van der Waals surface area contributed by atoms with E-state index in [0.717, 1.165) is 51.3 Å². The van der Waals surface area contributed by atoms with Crippen molar-refractivity contribution in [3.8, 4) is 34.1 Å². The molecule has 5 atom stereocenters. The highest BCUT2D eigenvalue weighted by Gasteiger charge is 2.46. The van der Waals surface area contributed by atoms with E-state index in [-0.39, 0.29) is 84.0 Å². The van der Waals surface area contributed by atoms with Crippen LogP contribution in [0.1, 0.15) is 89.6 Å². The van der Waals surface area contributed by atoms with E-state index < -0.39 is 24.5 Å². The van der Waals surface area contributed by atoms with Gasteiger partial charge in [-0.3, -0.25) is 19.8 Å². The number of methoxy groups -OCH3 is 2. The summed E-state index contributed by atoms with van der Waals surface area (Å²) < 4.78 is 47.9. The summed E-state index contributed by atoms with van der Waals surface area (Å²) in [7, 11) is 6.03. The van der Waals surface area contributed by atoms with Crippen molar-refractivity contribution >= 4 is 57.0 Å². The van der Waals surface area contributed by atoms with Crippen molar-refractivity contribution in [2.75, 3.05) is 84.5 Å². The Bertz CT molecular complexity index is 3110. The molecule has 20 heteroatoms. The van der Waals surface area contributed by atoms with E-state index in [4.69, 9.17) is 43.6 Å². The number of carbonyl (C=O) groups excluding carboxylic acids is 4. The van der Waals surface area contributed by atoms with Crippen LogP contribution in [0.5, 0.6) is 23.0 Å². The number of rotatable bonds is 22. The monoisotopic (exact) mass is 1150 g/mol. The Morgan fingerprint density at radius 3 is 2.04 bits per heavy atom. The first kappa shape index (κ1) is 57.8. The van der Waals surface area contributed by atoms with Crippen LogP contribution in [-0.2, 0) is 18.9 Å². The van der Waals surface area contributed by atoms with Gasteiger partial charge < -0.3 is 53.4 Å². The average molecular weight is 1160 g/mol. The maximum Gasteiger partial charge on any atom is 0.412 e. The molecular formula is C62H70N6O12S2. The number of likely N-dealkylation sites (tertiary alicyclic amines) is 2. The van der Waals surface area contributed by atoms with Crippen LogP contribution in [-0.4, -0.2) is 147 Å². The molecule has 18 nitrogen and oxygen atoms in total. The number of pyridine rings is 1. The Hall–Kier alpha value is -7.39. The number of hydrogen-bond donors (Lipinski definition) is 2. The summed E-state index contributed by atoms with van der Waals surface area (Å²) in [6, 6.07) is 27.7. The molecule has 0 radical (unpaired) electrons. The highest BCUT2D eigenvalue weighted by atomic mass is 33.1. The molecule has 4 saturated heterocycles. The van der Waals surface area contributed by atoms with Crippen LogP contribution in [0.3, 0.4) is 0 Å². The second-order valence-corrected chi connectivity index (χ2v) is 23.7. The fraction of sp³-hybridized carbons (Fsp3) is 0.403. The second-order valence-electron chi connectivity index (χ2n) is 21.0. The Morgan fingerprint density at radius 2 is 1.38 bits per heavy atom. The van der Waals surface area contributed by atoms with Crippen LogP contribution >= 0.6 is 21.6 Å². The standard InChI is InChI=1S/C62H70N6O12S2/c1-38-28-50(52-20-15-26-75-52)67(34-38)59(70)46-31-54(74-5)56(33-49(46)65-61(71)79-36-40(3)81-82-57-21-11-12-22-64-57)77-25-14-6-13-24-76-55-32-48(63)45(30-53(55)73-4)58(69)68-35-39(2)29-51(68)60-66(23-27-78-60)62(72)80-37-47-43-18-9-7-16-41(43)42-17-8-10-19-44(42)47/h7-12,16-19,21-22,30-33,40,47,50-52,60H,1-2,6,13-15,20,23-29,34-37,63H2,3-5H3,(H,65,71)/t40?,50-,51-,52?,60?/m0/s1. The lowest BCUT2D eigenvalue weighted by atomic mass is 9.98. The van der Waals surface area contributed by atoms with Crippen LogP contribution in [0.4, 0.5) is 21.0 Å². The normalized spacial score (nSPS) is 19.7. The lowest BCUT2D eigenvalue weighted by Gasteiger charge is -2.33. The number of aromatic nitrogens is 1. The Kier molecular flexibility index (Phi) is 18.8. The van der Waals surface area contributed by atoms with Gasteiger partial charge in [-0.25, -0.2) is 14.6 Å². The maximum absolute atomic E-state index is 14.5. The van der Waals surface area contributed by atoms with E-state index in [1.54, 1.807) is 45.2 Å². The number of nitrogen functional groups attached to an aromatic ring is 1. The number of unbranched alkanes of at least 4 members (excludes halogenated alkanes) is 2. The zero-order chi connectivity index (χ0) is 57.3. The minimum absolute atomic E-state index is 0.0622. The van der Waals surface area contributed by atoms with Gasteiger partial charge in [-0.15, -0.1) is 0 Å². The van der Waals surface area contributed by atoms with Crippen molar-refractivity contribution in [2.24, 2.45) is 0 Å². The zero-order valence-corrected chi connectivity index (χ0v) is 48.1. The molecule has 5 aromatic rings. The summed E-state index contributed by atoms with van der Waals surface area (Å²) in [4.78, 5) is 65.6. The van der Waals surface area contributed by atoms with Gasteiger partial charge >= 0.3 is 12.2 Å². The van der Waals surface area contributed by atoms with E-state index in [9.17, 15) is 19.2 Å². The van der Waals surface area contributed by atoms with Crippen molar-refractivity contribution in [1.29, 1.82) is 0 Å². The lowest BCUT2D eigenvalue weighted by Crippen LogP contribution is -2.51. The first-order chi connectivity index (χ1) is 39.9. The molecule has 1 aliphatic carbocycles. The van der Waals surface area contributed by atoms with Crippen molar-refractivity contribution in [1.82, 2.24) is 19.7 Å². The second kappa shape index (κ2) is 26.7. The quantitative estimate of drug-likeness (QED) is 0.0286. The smallest absolute Gasteiger partial charge is 0.412 e. The zero-order valence-electron chi connectivity index (χ0n) is 46.5. The number of carbonyl (C=O) groups is 4. The number of benzene rings is 4. The van der Waals surface area contributed by atoms with Gasteiger partial charge in [0.15, 0.2) is 29.2 Å². The highest BCUT2D eigenvalue weighted by Crippen LogP contribution is 2.45. The van der Waals surface area contributed by atoms with Crippen LogP contribution < -0.4 is 30.0 Å². The molecule has 82 heavy (non-hydrogen) atoms. The largest absolute Gasteiger partial charge is 0.493 e. The van der Waals surface area contributed by atoms with Crippen molar-refractivity contribution in [3.05, 3.63) is 144 Å². The molecule has 3 unspecified atom stereocenters. The predicted octanol–water partition coefficient (Wildman–Crippen LogP) is 11.0. The van der Waals surface area contributed by atoms with Crippen LogP contribution in [0.25, 0.3) is 11.1 Å². The Labute approximate surface area is 486 Å². The lowest BCUT2D eigenvalue weighted by molar-refractivity contribution is -0.0211. The van der Waals surface area contributed by atoms with Crippen LogP contribution in [0.15, 0.2) is 127 Å². The predicted molar refractivity (Wildman–Crippen MR) is 315 cm³/mol. The number of anilines is 2. The summed E-state index contributed by atoms with van der Waals surface area (Å²) in [5.74, 6) is 0.627. The molecule has 10 rings (SSSR count). The summed E-state index contributed by atoms with van der Waals surface area (Å²) in [5.41, 5.74) is 13.8. The molecule has 0 saturated carbocycles. The topological polar surface area (TPSA) is 203 Å². The number of nitrogens with zero attached hydrogens (tertiary/aromatic N) is 4. The van der Waals surface area contributed by atoms with E-state index in [1.807, 2.05) is 49.4 Å². The fourth-order valence-electron chi connectivity index (χ4n) is 11.4. The van der Waals surface area contributed by atoms with Gasteiger partial charge in [0.2, 0.25) is 0 Å². The minimum Gasteiger partial charge on any atom is -0.493 e. The fourth-order valence-corrected chi connectivity index (χ4v) is 13.2. The van der Waals surface area contributed by atoms with E-state index in [0.29, 0.717) is 88.0 Å². The van der Waals surface area contributed by atoms with Crippen molar-refractivity contribution in [3.63, 3.8) is 0 Å². The Morgan fingerprint density at radius 1 is 0.744 bits per heavy atom. The number of ether oxygens (including phenoxy) is 8. The van der Waals surface area contributed by atoms with E-state index in [2.05, 4.69) is 47.7 Å². The van der Waals surface area contributed by atoms with Gasteiger partial charge in [0, 0.05) is 54.9 Å². The minimum atomic E-state index is -0.753. The SMILES string of the molecule is C=C1C[C@@H](C2CCCO2)N(C(=O)c2cc(OC)c(OCCCCCOc3cc(N)c(C(=O)N4CC(=C)C[C@H]4C4OCCN4C(=O)OCC4c5ccccc5-c5ccccc54)cc3OC)cc2NC(=O)OCC(C)SSc2ccccn2)C1. The van der Waals surface area contributed by atoms with Gasteiger partial charge in [0.05, 0.1) is 75.6 Å². The molecule has 4 amide bonds. The number of amides is 4. The molecule has 1 aromatic heterocycles. The molecule has 4 aliphatic heterocycles. The third kappa shape index (κ3) is 13.1. The van der Waals surface area contributed by atoms with Crippen molar-refractivity contribution in [2.45, 2.75) is 92.5 Å². The molecular weight excluding hydrogens is 1080 g/mol. The molecule has 5 aliphatic rings. The van der Waals surface area contributed by atoms with E-state index in [1.165, 1.54) is 35.8 Å². The van der Waals surface area contributed by atoms with Crippen LogP contribution in [0.2, 0.25) is 0 Å². The summed E-state index contributed by atoms with van der Waals surface area (Å²) in [5, 5.41) is 3.62. The summed E-state index contributed by atoms with van der Waals surface area (Å²) >= 11 is 0. The van der Waals surface area contributed by atoms with Gasteiger partial charge in [-0.2, -0.15) is 0 Å². The third-order valence-corrected chi connectivity index (χ3v) is 18.1. The van der Waals surface area contributed by atoms with Crippen molar-refractivity contribution < 1.29 is 57.1 Å². The molecule has 0 spiro atoms. The molecule has 432 valence electrons. The number of nitrogens with one attached hydrogen (secondary N) is 1. The Balaban J connectivity index is 0.735. The van der Waals surface area contributed by atoms with Gasteiger partial charge in [-0.1, -0.05) is 89.7 Å². The summed E-state index contributed by atoms with van der Waals surface area (Å²) in [6.07, 6.45) is 4.46. The molecule has 5 heterocycles. The molecule has 0 bridgehead atoms. The van der Waals surface area contributed by atoms with Gasteiger partial charge in [-0.05, 0) is 109 Å². The third-order valence-electron chi connectivity index (χ3n) is 15.4. The van der Waals surface area contributed by atoms with Gasteiger partial charge in [0.1, 0.15) is 18.2 Å². The van der Waals surface area contributed by atoms with E-state index >= 15 is 0 Å². The average Bonchev–Trinajstić information content (AvgIpc) is 4.53. The number of hydrogen-bond acceptors (Lipinski definition) is 16. The molecule has 4 aromatic carbocycles. The first-order valence-corrected chi connectivity index (χ1v) is 30.0. The molecule has 4 fully saturated rings. The molecule has 3 N–H and O–H groups in total. The first-order valence-electron chi connectivity index (χ1n) is 27.8. The maximum atomic E-state index is 14.5. The van der Waals surface area contributed by atoms with Gasteiger partial charge in [0.25, 0.3) is 11.8 Å². The number of nitrogens with two attached hydrogens (primary N) is 1. The highest BCUT2D eigenvalue weighted by molar-refractivity contribution is 8.76.